The van der Waals surface area contributed by atoms with Gasteiger partial charge in [0, 0.05) is 0 Å². The van der Waals surface area contributed by atoms with Crippen LogP contribution in [-0.4, -0.2) is 24.0 Å². The fraction of sp³-hybridized carbons (Fsp3) is 0.333. The van der Waals surface area contributed by atoms with Crippen molar-refractivity contribution in [1.29, 1.82) is 0 Å². The van der Waals surface area contributed by atoms with Gasteiger partial charge in [-0.15, -0.1) is 5.10 Å². The van der Waals surface area contributed by atoms with Crippen molar-refractivity contribution < 1.29 is 9.94 Å². The van der Waals surface area contributed by atoms with E-state index in [0.29, 0.717) is 0 Å². The Kier molecular flexibility index (Phi) is 5.13. The van der Waals surface area contributed by atoms with Crippen LogP contribution in [0.1, 0.15) is 16.7 Å². The van der Waals surface area contributed by atoms with E-state index in [1.807, 2.05) is 20.8 Å². The maximum Gasteiger partial charge on any atom is 0.237 e. The Bertz CT molecular complexity index is 446. The van der Waals surface area contributed by atoms with Gasteiger partial charge >= 0.3 is 0 Å². The van der Waals surface area contributed by atoms with Gasteiger partial charge in [-0.25, -0.2) is 5.48 Å². The third-order valence-corrected chi connectivity index (χ3v) is 2.27. The van der Waals surface area contributed by atoms with E-state index < -0.39 is 0 Å². The van der Waals surface area contributed by atoms with Crippen molar-refractivity contribution in [2.45, 2.75) is 20.8 Å². The zero-order chi connectivity index (χ0) is 13.5. The number of rotatable bonds is 4. The van der Waals surface area contributed by atoms with Crippen LogP contribution in [0.4, 0.5) is 0 Å². The highest BCUT2D eigenvalue weighted by atomic mass is 16.5. The molecule has 0 aliphatic rings. The van der Waals surface area contributed by atoms with Crippen LogP contribution < -0.4 is 16.0 Å². The first-order chi connectivity index (χ1) is 8.54. The van der Waals surface area contributed by atoms with Gasteiger partial charge in [0.2, 0.25) is 5.96 Å². The van der Waals surface area contributed by atoms with Gasteiger partial charge in [-0.3, -0.25) is 5.21 Å². The van der Waals surface area contributed by atoms with E-state index >= 15 is 0 Å². The average molecular weight is 250 g/mol. The van der Waals surface area contributed by atoms with Crippen molar-refractivity contribution in [2.75, 3.05) is 6.61 Å². The van der Waals surface area contributed by atoms with E-state index in [9.17, 15) is 0 Å². The van der Waals surface area contributed by atoms with Gasteiger partial charge < -0.3 is 10.5 Å². The quantitative estimate of drug-likeness (QED) is 0.426. The zero-order valence-electron chi connectivity index (χ0n) is 10.8. The van der Waals surface area contributed by atoms with Crippen molar-refractivity contribution in [3.05, 3.63) is 28.8 Å². The SMILES string of the molecule is Cc1cc(C)c(OC/C=N/N=C(\N)NO)c(C)c1. The molecule has 1 rings (SSSR count). The summed E-state index contributed by atoms with van der Waals surface area (Å²) in [6.45, 7) is 6.33. The highest BCUT2D eigenvalue weighted by Crippen LogP contribution is 2.24. The summed E-state index contributed by atoms with van der Waals surface area (Å²) in [5, 5.41) is 15.4. The van der Waals surface area contributed by atoms with Crippen LogP contribution in [-0.2, 0) is 0 Å². The van der Waals surface area contributed by atoms with Crippen molar-refractivity contribution in [2.24, 2.45) is 15.9 Å². The largest absolute Gasteiger partial charge is 0.487 e. The van der Waals surface area contributed by atoms with E-state index in [2.05, 4.69) is 22.3 Å². The van der Waals surface area contributed by atoms with E-state index in [0.717, 1.165) is 16.9 Å². The summed E-state index contributed by atoms with van der Waals surface area (Å²) in [5.74, 6) is 0.679. The van der Waals surface area contributed by atoms with Gasteiger partial charge in [0.05, 0.1) is 6.21 Å². The smallest absolute Gasteiger partial charge is 0.237 e. The molecule has 0 spiro atoms. The second-order valence-corrected chi connectivity index (χ2v) is 3.93. The molecule has 1 aromatic carbocycles. The lowest BCUT2D eigenvalue weighted by Crippen LogP contribution is -2.27. The highest BCUT2D eigenvalue weighted by Gasteiger charge is 2.03. The number of hydrogen-bond donors (Lipinski definition) is 3. The maximum atomic E-state index is 8.36. The molecule has 0 aliphatic heterocycles. The van der Waals surface area contributed by atoms with Crippen LogP contribution in [0.5, 0.6) is 5.75 Å². The van der Waals surface area contributed by atoms with E-state index in [4.69, 9.17) is 15.7 Å². The van der Waals surface area contributed by atoms with E-state index in [1.54, 1.807) is 5.48 Å². The fourth-order valence-electron chi connectivity index (χ4n) is 1.67. The van der Waals surface area contributed by atoms with Crippen LogP contribution in [0, 0.1) is 20.8 Å². The Morgan fingerprint density at radius 2 is 2.00 bits per heavy atom. The number of ether oxygens (including phenoxy) is 1. The monoisotopic (exact) mass is 250 g/mol. The number of nitrogens with zero attached hydrogens (tertiary/aromatic N) is 2. The summed E-state index contributed by atoms with van der Waals surface area (Å²) in [7, 11) is 0. The minimum atomic E-state index is -0.172. The molecule has 6 heteroatoms. The number of aryl methyl sites for hydroxylation is 3. The fourth-order valence-corrected chi connectivity index (χ4v) is 1.67. The molecule has 0 saturated carbocycles. The zero-order valence-corrected chi connectivity index (χ0v) is 10.8. The predicted octanol–water partition coefficient (Wildman–Crippen LogP) is 1.27. The van der Waals surface area contributed by atoms with Gasteiger partial charge in [-0.1, -0.05) is 17.7 Å². The molecule has 18 heavy (non-hydrogen) atoms. The molecule has 0 unspecified atom stereocenters. The van der Waals surface area contributed by atoms with E-state index in [1.165, 1.54) is 11.8 Å². The molecular formula is C12H18N4O2. The third-order valence-electron chi connectivity index (χ3n) is 2.27. The molecule has 4 N–H and O–H groups in total. The van der Waals surface area contributed by atoms with Crippen LogP contribution in [0.2, 0.25) is 0 Å². The second-order valence-electron chi connectivity index (χ2n) is 3.93. The Hall–Kier alpha value is -2.08. The molecule has 0 amide bonds. The minimum absolute atomic E-state index is 0.172. The van der Waals surface area contributed by atoms with Crippen LogP contribution in [0.15, 0.2) is 22.3 Å². The predicted molar refractivity (Wildman–Crippen MR) is 71.2 cm³/mol. The van der Waals surface area contributed by atoms with Crippen molar-refractivity contribution >= 4 is 12.2 Å². The summed E-state index contributed by atoms with van der Waals surface area (Å²) < 4.78 is 5.60. The van der Waals surface area contributed by atoms with Crippen molar-refractivity contribution in [3.8, 4) is 5.75 Å². The highest BCUT2D eigenvalue weighted by molar-refractivity contribution is 5.77. The lowest BCUT2D eigenvalue weighted by atomic mass is 10.1. The summed E-state index contributed by atoms with van der Waals surface area (Å²) in [4.78, 5) is 0. The molecule has 0 bridgehead atoms. The van der Waals surface area contributed by atoms with E-state index in [-0.39, 0.29) is 12.6 Å². The molecule has 1 aromatic rings. The van der Waals surface area contributed by atoms with Crippen molar-refractivity contribution in [1.82, 2.24) is 5.48 Å². The summed E-state index contributed by atoms with van der Waals surface area (Å²) >= 11 is 0. The van der Waals surface area contributed by atoms with Crippen LogP contribution in [0.3, 0.4) is 0 Å². The standard InChI is InChI=1S/C12H18N4O2/c1-8-6-9(2)11(10(3)7-8)18-5-4-14-15-12(13)16-17/h4,6-7,17H,5H2,1-3H3,(H3,13,15,16)/b14-4+. The molecule has 0 radical (unpaired) electrons. The number of nitrogens with two attached hydrogens (primary N) is 1. The Balaban J connectivity index is 2.60. The Morgan fingerprint density at radius 3 is 2.56 bits per heavy atom. The first kappa shape index (κ1) is 14.0. The third kappa shape index (κ3) is 4.06. The number of nitrogens with one attached hydrogen (secondary N) is 1. The first-order valence-corrected chi connectivity index (χ1v) is 5.50. The Morgan fingerprint density at radius 1 is 1.39 bits per heavy atom. The second kappa shape index (κ2) is 6.61. The van der Waals surface area contributed by atoms with Crippen LogP contribution >= 0.6 is 0 Å². The van der Waals surface area contributed by atoms with Crippen LogP contribution in [0.25, 0.3) is 0 Å². The average Bonchev–Trinajstić information content (AvgIpc) is 2.31. The number of hydroxylamine groups is 1. The molecule has 0 aromatic heterocycles. The molecule has 0 saturated heterocycles. The molecular weight excluding hydrogens is 232 g/mol. The van der Waals surface area contributed by atoms with Crippen molar-refractivity contribution in [3.63, 3.8) is 0 Å². The molecule has 0 fully saturated rings. The molecule has 98 valence electrons. The van der Waals surface area contributed by atoms with Gasteiger partial charge in [0.15, 0.2) is 0 Å². The number of guanidine groups is 1. The van der Waals surface area contributed by atoms with Gasteiger partial charge in [-0.05, 0) is 31.9 Å². The number of benzene rings is 1. The molecule has 0 atom stereocenters. The molecule has 0 heterocycles. The lowest BCUT2D eigenvalue weighted by molar-refractivity contribution is 0.232. The molecule has 0 aliphatic carbocycles. The first-order valence-electron chi connectivity index (χ1n) is 5.50. The Labute approximate surface area is 106 Å². The number of hydrogen-bond acceptors (Lipinski definition) is 4. The minimum Gasteiger partial charge on any atom is -0.487 e. The summed E-state index contributed by atoms with van der Waals surface area (Å²) in [6, 6.07) is 4.12. The van der Waals surface area contributed by atoms with Gasteiger partial charge in [0.25, 0.3) is 0 Å². The van der Waals surface area contributed by atoms with Gasteiger partial charge in [0.1, 0.15) is 12.4 Å². The summed E-state index contributed by atoms with van der Waals surface area (Å²) in [5.41, 5.74) is 10.2. The maximum absolute atomic E-state index is 8.36. The molecule has 6 nitrogen and oxygen atoms in total. The summed E-state index contributed by atoms with van der Waals surface area (Å²) in [6.07, 6.45) is 1.46. The normalized spacial score (nSPS) is 11.9. The topological polar surface area (TPSA) is 92.2 Å². The van der Waals surface area contributed by atoms with Gasteiger partial charge in [-0.2, -0.15) is 5.10 Å². The lowest BCUT2D eigenvalue weighted by Gasteiger charge is -2.11.